The van der Waals surface area contributed by atoms with Gasteiger partial charge >= 0.3 is 31.1 Å². The molecule has 0 aliphatic carbocycles. The van der Waals surface area contributed by atoms with Crippen LogP contribution in [-0.2, 0) is 0 Å². The van der Waals surface area contributed by atoms with E-state index in [2.05, 4.69) is 73.7 Å². The minimum atomic E-state index is 0. The molecule has 0 spiro atoms. The molecule has 1 aliphatic rings. The number of hydrogen-bond acceptors (Lipinski definition) is 4. The minimum absolute atomic E-state index is 0. The number of hydrogen-bond donors (Lipinski definition) is 1. The maximum Gasteiger partial charge on any atom is 2.00 e. The molecule has 3 rings (SSSR count). The second-order valence-electron chi connectivity index (χ2n) is 7.30. The van der Waals surface area contributed by atoms with Crippen LogP contribution in [0.2, 0.25) is 0 Å². The largest absolute Gasteiger partial charge is 2.00 e. The Bertz CT molecular complexity index is 832. The van der Waals surface area contributed by atoms with Crippen molar-refractivity contribution in [3.8, 4) is 0 Å². The minimum Gasteiger partial charge on any atom is -0.344 e. The normalized spacial score (nSPS) is 16.6. The summed E-state index contributed by atoms with van der Waals surface area (Å²) in [5.41, 5.74) is 10.8. The van der Waals surface area contributed by atoms with Gasteiger partial charge in [-0.05, 0) is 18.1 Å². The zero-order valence-electron chi connectivity index (χ0n) is 18.0. The van der Waals surface area contributed by atoms with E-state index < -0.39 is 0 Å². The summed E-state index contributed by atoms with van der Waals surface area (Å²) in [4.78, 5) is 6.92. The molecular weight excluding hydrogens is 596 g/mol. The molecule has 2 N–H and O–H groups in total. The van der Waals surface area contributed by atoms with E-state index in [0.717, 1.165) is 30.2 Å². The van der Waals surface area contributed by atoms with Gasteiger partial charge in [0.15, 0.2) is 0 Å². The van der Waals surface area contributed by atoms with Gasteiger partial charge in [0.25, 0.3) is 0 Å². The Labute approximate surface area is 204 Å². The van der Waals surface area contributed by atoms with Crippen molar-refractivity contribution >= 4 is 11.5 Å². The number of aryl methyl sites for hydroxylation is 1. The van der Waals surface area contributed by atoms with Crippen LogP contribution in [0.25, 0.3) is 0 Å². The summed E-state index contributed by atoms with van der Waals surface area (Å²) < 4.78 is 0. The van der Waals surface area contributed by atoms with Gasteiger partial charge in [0.2, 0.25) is 0 Å². The summed E-state index contributed by atoms with van der Waals surface area (Å²) in [6.07, 6.45) is 2.11. The monoisotopic (exact) mass is 627 g/mol. The van der Waals surface area contributed by atoms with Gasteiger partial charge in [0.1, 0.15) is 5.84 Å². The van der Waals surface area contributed by atoms with Gasteiger partial charge in [-0.2, -0.15) is 12.0 Å². The molecule has 1 unspecified atom stereocenters. The van der Waals surface area contributed by atoms with E-state index in [1.807, 2.05) is 18.0 Å². The van der Waals surface area contributed by atoms with Crippen molar-refractivity contribution in [3.05, 3.63) is 84.6 Å². The fraction of sp³-hybridized carbons (Fsp3) is 0.333. The predicted molar refractivity (Wildman–Crippen MR) is 122 cm³/mol. The Balaban J connectivity index is 0.00000320. The molecule has 0 amide bonds. The molecule has 1 aliphatic heterocycles. The first kappa shape index (κ1) is 24.8. The Morgan fingerprint density at radius 3 is 2.53 bits per heavy atom. The number of amidine groups is 1. The summed E-state index contributed by atoms with van der Waals surface area (Å²) >= 11 is 0. The van der Waals surface area contributed by atoms with Crippen LogP contribution in [0.1, 0.15) is 29.5 Å². The van der Waals surface area contributed by atoms with Crippen LogP contribution in [0, 0.1) is 51.4 Å². The van der Waals surface area contributed by atoms with Crippen molar-refractivity contribution in [2.75, 3.05) is 32.8 Å². The fourth-order valence-corrected chi connectivity index (χ4v) is 3.51. The number of aliphatic imine (C=N–C) groups is 1. The number of nitrogens with zero attached hydrogens (tertiary/aromatic N) is 4. The quantitative estimate of drug-likeness (QED) is 0.277. The molecule has 30 heavy (non-hydrogen) atoms. The van der Waals surface area contributed by atoms with E-state index in [4.69, 9.17) is 15.8 Å². The Morgan fingerprint density at radius 1 is 1.23 bits per heavy atom. The molecule has 0 aromatic heterocycles. The van der Waals surface area contributed by atoms with E-state index >= 15 is 0 Å². The average molecular weight is 628 g/mol. The van der Waals surface area contributed by atoms with Gasteiger partial charge < -0.3 is 24.0 Å². The van der Waals surface area contributed by atoms with Crippen LogP contribution >= 0.6 is 0 Å². The molecule has 5 nitrogen and oxygen atoms in total. The molecule has 2 aromatic rings. The molecule has 156 valence electrons. The van der Waals surface area contributed by atoms with Crippen molar-refractivity contribution in [2.45, 2.75) is 19.8 Å². The zero-order valence-corrected chi connectivity index (χ0v) is 22.1. The predicted octanol–water partition coefficient (Wildman–Crippen LogP) is 3.47. The van der Waals surface area contributed by atoms with E-state index in [0.29, 0.717) is 19.8 Å². The van der Waals surface area contributed by atoms with Crippen LogP contribution in [0.4, 0.5) is 0 Å². The Kier molecular flexibility index (Phi) is 10.3. The van der Waals surface area contributed by atoms with Crippen molar-refractivity contribution < 1.29 is 31.1 Å². The van der Waals surface area contributed by atoms with Crippen molar-refractivity contribution in [2.24, 2.45) is 15.8 Å². The Hall–Kier alpha value is -1.45. The van der Waals surface area contributed by atoms with Crippen molar-refractivity contribution in [1.82, 2.24) is 9.91 Å². The molecule has 0 radical (unpaired) electrons. The standard InChI is InChI=1S/C24H31N5.U/c1-4-15-28(5-2)18-26-23(16-25)29-17-22(20-9-7-6-8-10-20)24(27-29)21-13-11-19(3)12-14-21;/h4,6-14,22H,2,5,15-18,25H2,1,3H3;/q-2;+2/b26-23+;. The maximum absolute atomic E-state index is 6.06. The van der Waals surface area contributed by atoms with Crippen LogP contribution in [0.3, 0.4) is 0 Å². The molecule has 1 atom stereocenters. The molecule has 0 bridgehead atoms. The van der Waals surface area contributed by atoms with Crippen LogP contribution < -0.4 is 5.73 Å². The van der Waals surface area contributed by atoms with Crippen molar-refractivity contribution in [3.63, 3.8) is 0 Å². The molecule has 0 fully saturated rings. The van der Waals surface area contributed by atoms with Gasteiger partial charge in [-0.3, -0.25) is 4.99 Å². The fourth-order valence-electron chi connectivity index (χ4n) is 3.51. The molecule has 1 heterocycles. The van der Waals surface area contributed by atoms with Crippen LogP contribution in [0.5, 0.6) is 0 Å². The third-order valence-corrected chi connectivity index (χ3v) is 5.15. The van der Waals surface area contributed by atoms with E-state index in [1.165, 1.54) is 11.1 Å². The number of benzene rings is 2. The number of hydrazone groups is 1. The van der Waals surface area contributed by atoms with E-state index in [9.17, 15) is 0 Å². The average Bonchev–Trinajstić information content (AvgIpc) is 3.20. The van der Waals surface area contributed by atoms with Crippen LogP contribution in [-0.4, -0.2) is 54.3 Å². The molecule has 6 heteroatoms. The summed E-state index contributed by atoms with van der Waals surface area (Å²) in [5, 5.41) is 6.94. The summed E-state index contributed by atoms with van der Waals surface area (Å²) in [5.74, 6) is 0.992. The van der Waals surface area contributed by atoms with Crippen molar-refractivity contribution in [1.29, 1.82) is 0 Å². The first-order valence-electron chi connectivity index (χ1n) is 10.2. The topological polar surface area (TPSA) is 57.2 Å². The second kappa shape index (κ2) is 12.4. The third-order valence-electron chi connectivity index (χ3n) is 5.15. The van der Waals surface area contributed by atoms with E-state index in [1.54, 1.807) is 0 Å². The zero-order chi connectivity index (χ0) is 20.6. The molecule has 2 aromatic carbocycles. The van der Waals surface area contributed by atoms with E-state index in [-0.39, 0.29) is 37.0 Å². The van der Waals surface area contributed by atoms with Crippen LogP contribution in [0.15, 0.2) is 64.7 Å². The van der Waals surface area contributed by atoms with Gasteiger partial charge in [-0.25, -0.2) is 5.01 Å². The first-order chi connectivity index (χ1) is 14.2. The Morgan fingerprint density at radius 2 is 1.93 bits per heavy atom. The molecule has 0 saturated heterocycles. The van der Waals surface area contributed by atoms with Gasteiger partial charge in [0.05, 0.1) is 25.5 Å². The number of rotatable bonds is 8. The SMILES string of the molecule is [CH2-]CN(C[CH-]C)C/N=C(\CN)N1CC(c2ccccc2)C(c2ccc(C)cc2)=N1.[U+2]. The molecular formula is C24H31N5U. The third kappa shape index (κ3) is 6.28. The second-order valence-corrected chi connectivity index (χ2v) is 7.30. The number of nitrogens with two attached hydrogens (primary N) is 1. The van der Waals surface area contributed by atoms with Gasteiger partial charge in [-0.1, -0.05) is 60.2 Å². The summed E-state index contributed by atoms with van der Waals surface area (Å²) in [6, 6.07) is 19.1. The summed E-state index contributed by atoms with van der Waals surface area (Å²) in [6.45, 7) is 11.4. The smallest absolute Gasteiger partial charge is 0.344 e. The maximum atomic E-state index is 6.06. The first-order valence-corrected chi connectivity index (χ1v) is 10.2. The van der Waals surface area contributed by atoms with Gasteiger partial charge in [-0.15, -0.1) is 13.1 Å². The molecule has 0 saturated carbocycles. The van der Waals surface area contributed by atoms with Gasteiger partial charge in [0, 0.05) is 5.92 Å². The summed E-state index contributed by atoms with van der Waals surface area (Å²) in [7, 11) is 0.